The number of hydrogen-bond acceptors (Lipinski definition) is 5. The Morgan fingerprint density at radius 1 is 1.67 bits per heavy atom. The number of carbonyl (C=O) groups excluding carboxylic acids is 1. The Kier molecular flexibility index (Phi) is 4.11. The van der Waals surface area contributed by atoms with Crippen molar-refractivity contribution in [2.45, 2.75) is 6.10 Å². The maximum Gasteiger partial charge on any atom is 0.267 e. The molecule has 0 bridgehead atoms. The van der Waals surface area contributed by atoms with E-state index in [1.807, 2.05) is 13.1 Å². The Labute approximate surface area is 106 Å². The first kappa shape index (κ1) is 12.8. The number of ether oxygens (including phenoxy) is 1. The molecule has 2 heterocycles. The number of aromatic nitrogens is 1. The van der Waals surface area contributed by atoms with Crippen molar-refractivity contribution in [1.82, 2.24) is 10.3 Å². The quantitative estimate of drug-likeness (QED) is 0.760. The molecule has 0 radical (unpaired) electrons. The van der Waals surface area contributed by atoms with Crippen molar-refractivity contribution in [1.29, 1.82) is 0 Å². The minimum absolute atomic E-state index is 0.141. The number of likely N-dealkylation sites (N-methyl/N-ethyl adjacent to an activating group) is 1. The Hall–Kier alpha value is -1.66. The molecule has 18 heavy (non-hydrogen) atoms. The van der Waals surface area contributed by atoms with Crippen LogP contribution in [0.1, 0.15) is 10.5 Å². The van der Waals surface area contributed by atoms with E-state index in [0.717, 1.165) is 25.5 Å². The first-order chi connectivity index (χ1) is 8.70. The summed E-state index contributed by atoms with van der Waals surface area (Å²) < 4.78 is 5.62. The minimum atomic E-state index is -0.503. The molecule has 1 aromatic heterocycles. The molecule has 0 spiro atoms. The number of rotatable bonds is 4. The van der Waals surface area contributed by atoms with Crippen LogP contribution in [0.25, 0.3) is 0 Å². The molecule has 1 fully saturated rings. The lowest BCUT2D eigenvalue weighted by molar-refractivity contribution is 0.0419. The third-order valence-corrected chi connectivity index (χ3v) is 2.88. The zero-order valence-corrected chi connectivity index (χ0v) is 10.4. The van der Waals surface area contributed by atoms with Gasteiger partial charge in [0.1, 0.15) is 11.5 Å². The first-order valence-corrected chi connectivity index (χ1v) is 5.98. The van der Waals surface area contributed by atoms with E-state index in [1.165, 1.54) is 0 Å². The number of nitrogens with zero attached hydrogens (tertiary/aromatic N) is 2. The zero-order chi connectivity index (χ0) is 13.0. The maximum atomic E-state index is 11.1. The normalized spacial score (nSPS) is 19.8. The van der Waals surface area contributed by atoms with Crippen LogP contribution in [0.5, 0.6) is 0 Å². The average molecular weight is 250 g/mol. The predicted octanol–water partition coefficient (Wildman–Crippen LogP) is -0.395. The number of pyridine rings is 1. The molecule has 0 aromatic carbocycles. The molecule has 1 atom stereocenters. The number of anilines is 1. The summed E-state index contributed by atoms with van der Waals surface area (Å²) in [5, 5.41) is 3.09. The monoisotopic (exact) mass is 250 g/mol. The summed E-state index contributed by atoms with van der Waals surface area (Å²) >= 11 is 0. The standard InChI is InChI=1S/C12H18N4O2/c1-14-7-9-8-16(5-6-18-9)11-4-2-3-10(15-11)12(13)17/h2-4,9,14H,5-8H2,1H3,(H2,13,17). The van der Waals surface area contributed by atoms with Gasteiger partial charge in [-0.2, -0.15) is 0 Å². The van der Waals surface area contributed by atoms with Gasteiger partial charge in [0.2, 0.25) is 0 Å². The largest absolute Gasteiger partial charge is 0.373 e. The van der Waals surface area contributed by atoms with Crippen molar-refractivity contribution in [2.75, 3.05) is 38.2 Å². The summed E-state index contributed by atoms with van der Waals surface area (Å²) in [6, 6.07) is 5.30. The van der Waals surface area contributed by atoms with Crippen LogP contribution in [0.3, 0.4) is 0 Å². The van der Waals surface area contributed by atoms with Gasteiger partial charge in [-0.1, -0.05) is 6.07 Å². The third-order valence-electron chi connectivity index (χ3n) is 2.88. The van der Waals surface area contributed by atoms with Gasteiger partial charge in [0.25, 0.3) is 5.91 Å². The molecular formula is C12H18N4O2. The van der Waals surface area contributed by atoms with Gasteiger partial charge in [0.05, 0.1) is 12.7 Å². The second-order valence-corrected chi connectivity index (χ2v) is 4.24. The van der Waals surface area contributed by atoms with Crippen molar-refractivity contribution >= 4 is 11.7 Å². The van der Waals surface area contributed by atoms with Crippen LogP contribution < -0.4 is 16.0 Å². The second kappa shape index (κ2) is 5.79. The van der Waals surface area contributed by atoms with Crippen LogP contribution >= 0.6 is 0 Å². The highest BCUT2D eigenvalue weighted by molar-refractivity contribution is 5.91. The first-order valence-electron chi connectivity index (χ1n) is 5.98. The highest BCUT2D eigenvalue weighted by atomic mass is 16.5. The maximum absolute atomic E-state index is 11.1. The predicted molar refractivity (Wildman–Crippen MR) is 68.6 cm³/mol. The van der Waals surface area contributed by atoms with Crippen LogP contribution in [0, 0.1) is 0 Å². The van der Waals surface area contributed by atoms with Gasteiger partial charge in [-0.3, -0.25) is 4.79 Å². The van der Waals surface area contributed by atoms with Gasteiger partial charge in [-0.15, -0.1) is 0 Å². The Bertz CT molecular complexity index is 422. The fraction of sp³-hybridized carbons (Fsp3) is 0.500. The molecule has 1 aliphatic rings. The summed E-state index contributed by atoms with van der Waals surface area (Å²) in [4.78, 5) is 17.5. The molecule has 0 saturated carbocycles. The highest BCUT2D eigenvalue weighted by Gasteiger charge is 2.21. The topological polar surface area (TPSA) is 80.5 Å². The SMILES string of the molecule is CNCC1CN(c2cccc(C(N)=O)n2)CCO1. The molecule has 1 aromatic rings. The molecule has 1 amide bonds. The van der Waals surface area contributed by atoms with E-state index >= 15 is 0 Å². The number of hydrogen-bond donors (Lipinski definition) is 2. The lowest BCUT2D eigenvalue weighted by atomic mass is 10.2. The van der Waals surface area contributed by atoms with E-state index in [0.29, 0.717) is 12.3 Å². The van der Waals surface area contributed by atoms with Gasteiger partial charge >= 0.3 is 0 Å². The van der Waals surface area contributed by atoms with Crippen molar-refractivity contribution < 1.29 is 9.53 Å². The van der Waals surface area contributed by atoms with E-state index in [-0.39, 0.29) is 6.10 Å². The fourth-order valence-corrected chi connectivity index (χ4v) is 2.02. The van der Waals surface area contributed by atoms with Crippen LogP contribution in [0.15, 0.2) is 18.2 Å². The lowest BCUT2D eigenvalue weighted by Gasteiger charge is -2.33. The average Bonchev–Trinajstić information content (AvgIpc) is 2.39. The van der Waals surface area contributed by atoms with Crippen LogP contribution in [-0.2, 0) is 4.74 Å². The molecule has 1 unspecified atom stereocenters. The lowest BCUT2D eigenvalue weighted by Crippen LogP contribution is -2.46. The number of morpholine rings is 1. The van der Waals surface area contributed by atoms with Gasteiger partial charge in [0.15, 0.2) is 0 Å². The number of primary amides is 1. The molecule has 6 nitrogen and oxygen atoms in total. The molecule has 0 aliphatic carbocycles. The summed E-state index contributed by atoms with van der Waals surface area (Å²) in [5.41, 5.74) is 5.53. The third kappa shape index (κ3) is 2.96. The summed E-state index contributed by atoms with van der Waals surface area (Å²) in [5.74, 6) is 0.271. The number of nitrogens with two attached hydrogens (primary N) is 1. The van der Waals surface area contributed by atoms with E-state index in [2.05, 4.69) is 15.2 Å². The van der Waals surface area contributed by atoms with Crippen molar-refractivity contribution in [2.24, 2.45) is 5.73 Å². The molecule has 6 heteroatoms. The number of amides is 1. The minimum Gasteiger partial charge on any atom is -0.373 e. The van der Waals surface area contributed by atoms with Gasteiger partial charge in [-0.05, 0) is 19.2 Å². The van der Waals surface area contributed by atoms with Crippen LogP contribution in [-0.4, -0.2) is 50.3 Å². The van der Waals surface area contributed by atoms with E-state index < -0.39 is 5.91 Å². The second-order valence-electron chi connectivity index (χ2n) is 4.24. The molecule has 1 saturated heterocycles. The summed E-state index contributed by atoms with van der Waals surface area (Å²) in [7, 11) is 1.90. The van der Waals surface area contributed by atoms with Crippen molar-refractivity contribution in [3.63, 3.8) is 0 Å². The van der Waals surface area contributed by atoms with Crippen LogP contribution in [0.2, 0.25) is 0 Å². The Morgan fingerprint density at radius 2 is 2.50 bits per heavy atom. The van der Waals surface area contributed by atoms with E-state index in [4.69, 9.17) is 10.5 Å². The smallest absolute Gasteiger partial charge is 0.267 e. The van der Waals surface area contributed by atoms with Crippen LogP contribution in [0.4, 0.5) is 5.82 Å². The Balaban J connectivity index is 2.10. The Morgan fingerprint density at radius 3 is 3.22 bits per heavy atom. The van der Waals surface area contributed by atoms with E-state index in [9.17, 15) is 4.79 Å². The summed E-state index contributed by atoms with van der Waals surface area (Å²) in [6.07, 6.45) is 0.141. The molecule has 2 rings (SSSR count). The van der Waals surface area contributed by atoms with Gasteiger partial charge < -0.3 is 20.7 Å². The number of nitrogens with one attached hydrogen (secondary N) is 1. The zero-order valence-electron chi connectivity index (χ0n) is 10.4. The molecule has 98 valence electrons. The van der Waals surface area contributed by atoms with Crippen molar-refractivity contribution in [3.8, 4) is 0 Å². The van der Waals surface area contributed by atoms with Crippen molar-refractivity contribution in [3.05, 3.63) is 23.9 Å². The van der Waals surface area contributed by atoms with Gasteiger partial charge in [0, 0.05) is 19.6 Å². The molecule has 1 aliphatic heterocycles. The van der Waals surface area contributed by atoms with Gasteiger partial charge in [-0.25, -0.2) is 4.98 Å². The highest BCUT2D eigenvalue weighted by Crippen LogP contribution is 2.15. The van der Waals surface area contributed by atoms with E-state index in [1.54, 1.807) is 12.1 Å². The molecule has 3 N–H and O–H groups in total. The number of carbonyl (C=O) groups is 1. The summed E-state index contributed by atoms with van der Waals surface area (Å²) in [6.45, 7) is 2.99. The fourth-order valence-electron chi connectivity index (χ4n) is 2.02. The molecular weight excluding hydrogens is 232 g/mol.